The maximum atomic E-state index is 12.7. The minimum absolute atomic E-state index is 0.00366. The summed E-state index contributed by atoms with van der Waals surface area (Å²) in [7, 11) is 0. The lowest BCUT2D eigenvalue weighted by Gasteiger charge is -2.34. The van der Waals surface area contributed by atoms with E-state index in [-0.39, 0.29) is 11.8 Å². The molecule has 1 saturated heterocycles. The smallest absolute Gasteiger partial charge is 0.257 e. The molecule has 1 fully saturated rings. The molecule has 0 atom stereocenters. The predicted octanol–water partition coefficient (Wildman–Crippen LogP) is 2.12. The SMILES string of the molecule is O=C(c1ccc(Cn2cccn2)cc1)N1CCN(C(=O)c2ccoc2)CC1. The van der Waals surface area contributed by atoms with E-state index in [0.29, 0.717) is 43.9 Å². The summed E-state index contributed by atoms with van der Waals surface area (Å²) in [6.45, 7) is 2.77. The molecule has 0 bridgehead atoms. The highest BCUT2D eigenvalue weighted by Gasteiger charge is 2.25. The highest BCUT2D eigenvalue weighted by molar-refractivity contribution is 5.95. The van der Waals surface area contributed by atoms with Crippen LogP contribution in [-0.2, 0) is 6.54 Å². The molecule has 0 radical (unpaired) electrons. The first-order valence-corrected chi connectivity index (χ1v) is 8.88. The second-order valence-corrected chi connectivity index (χ2v) is 6.50. The van der Waals surface area contributed by atoms with E-state index in [2.05, 4.69) is 5.10 Å². The average Bonchev–Trinajstić information content (AvgIpc) is 3.42. The molecule has 1 aromatic carbocycles. The molecular formula is C20H20N4O3. The summed E-state index contributed by atoms with van der Waals surface area (Å²) >= 11 is 0. The maximum Gasteiger partial charge on any atom is 0.257 e. The molecular weight excluding hydrogens is 344 g/mol. The molecule has 27 heavy (non-hydrogen) atoms. The number of nitrogens with zero attached hydrogens (tertiary/aromatic N) is 4. The zero-order valence-corrected chi connectivity index (χ0v) is 14.8. The van der Waals surface area contributed by atoms with Crippen LogP contribution in [0, 0.1) is 0 Å². The number of carbonyl (C=O) groups is 2. The predicted molar refractivity (Wildman–Crippen MR) is 98.3 cm³/mol. The molecule has 4 rings (SSSR count). The van der Waals surface area contributed by atoms with E-state index in [0.717, 1.165) is 5.56 Å². The molecule has 0 aliphatic carbocycles. The number of furan rings is 1. The minimum Gasteiger partial charge on any atom is -0.472 e. The van der Waals surface area contributed by atoms with Crippen molar-refractivity contribution in [3.63, 3.8) is 0 Å². The lowest BCUT2D eigenvalue weighted by molar-refractivity contribution is 0.0535. The second-order valence-electron chi connectivity index (χ2n) is 6.50. The number of hydrogen-bond donors (Lipinski definition) is 0. The zero-order chi connectivity index (χ0) is 18.6. The first kappa shape index (κ1) is 17.1. The van der Waals surface area contributed by atoms with Gasteiger partial charge in [0.2, 0.25) is 0 Å². The largest absolute Gasteiger partial charge is 0.472 e. The molecule has 0 N–H and O–H groups in total. The molecule has 2 amide bonds. The van der Waals surface area contributed by atoms with Gasteiger partial charge in [0.15, 0.2) is 0 Å². The van der Waals surface area contributed by atoms with Gasteiger partial charge in [-0.2, -0.15) is 5.10 Å². The number of benzene rings is 1. The van der Waals surface area contributed by atoms with Gasteiger partial charge >= 0.3 is 0 Å². The van der Waals surface area contributed by atoms with Crippen LogP contribution in [0.3, 0.4) is 0 Å². The van der Waals surface area contributed by atoms with Crippen molar-refractivity contribution in [1.82, 2.24) is 19.6 Å². The van der Waals surface area contributed by atoms with Gasteiger partial charge in [-0.3, -0.25) is 14.3 Å². The molecule has 7 nitrogen and oxygen atoms in total. The van der Waals surface area contributed by atoms with E-state index in [1.54, 1.807) is 22.1 Å². The normalized spacial score (nSPS) is 14.4. The number of rotatable bonds is 4. The fourth-order valence-electron chi connectivity index (χ4n) is 3.20. The molecule has 2 aromatic heterocycles. The zero-order valence-electron chi connectivity index (χ0n) is 14.8. The van der Waals surface area contributed by atoms with Crippen LogP contribution in [0.4, 0.5) is 0 Å². The van der Waals surface area contributed by atoms with Gasteiger partial charge in [0.1, 0.15) is 6.26 Å². The molecule has 7 heteroatoms. The summed E-state index contributed by atoms with van der Waals surface area (Å²) in [6.07, 6.45) is 6.59. The molecule has 3 heterocycles. The van der Waals surface area contributed by atoms with Gasteiger partial charge in [0, 0.05) is 44.1 Å². The van der Waals surface area contributed by atoms with Crippen LogP contribution in [0.5, 0.6) is 0 Å². The van der Waals surface area contributed by atoms with Gasteiger partial charge < -0.3 is 14.2 Å². The Bertz CT molecular complexity index is 893. The third-order valence-corrected chi connectivity index (χ3v) is 4.73. The molecule has 0 spiro atoms. The van der Waals surface area contributed by atoms with Crippen molar-refractivity contribution in [3.05, 3.63) is 78.0 Å². The van der Waals surface area contributed by atoms with Gasteiger partial charge in [-0.15, -0.1) is 0 Å². The molecule has 0 saturated carbocycles. The van der Waals surface area contributed by atoms with E-state index >= 15 is 0 Å². The second kappa shape index (κ2) is 7.49. The Morgan fingerprint density at radius 1 is 0.926 bits per heavy atom. The number of hydrogen-bond acceptors (Lipinski definition) is 4. The molecule has 138 valence electrons. The van der Waals surface area contributed by atoms with Gasteiger partial charge in [0.25, 0.3) is 11.8 Å². The Morgan fingerprint density at radius 2 is 1.59 bits per heavy atom. The van der Waals surface area contributed by atoms with E-state index in [1.807, 2.05) is 41.2 Å². The summed E-state index contributed by atoms with van der Waals surface area (Å²) in [5.41, 5.74) is 2.29. The molecule has 1 aliphatic heterocycles. The van der Waals surface area contributed by atoms with Crippen molar-refractivity contribution in [2.24, 2.45) is 0 Å². The fourth-order valence-corrected chi connectivity index (χ4v) is 3.20. The summed E-state index contributed by atoms with van der Waals surface area (Å²) in [6, 6.07) is 11.1. The first-order chi connectivity index (χ1) is 13.2. The topological polar surface area (TPSA) is 71.6 Å². The van der Waals surface area contributed by atoms with E-state index in [4.69, 9.17) is 4.42 Å². The lowest BCUT2D eigenvalue weighted by Crippen LogP contribution is -2.50. The highest BCUT2D eigenvalue weighted by Crippen LogP contribution is 2.13. The van der Waals surface area contributed by atoms with Crippen LogP contribution in [0.2, 0.25) is 0 Å². The number of carbonyl (C=O) groups excluding carboxylic acids is 2. The van der Waals surface area contributed by atoms with Crippen molar-refractivity contribution < 1.29 is 14.0 Å². The monoisotopic (exact) mass is 364 g/mol. The van der Waals surface area contributed by atoms with E-state index in [1.165, 1.54) is 12.5 Å². The molecule has 1 aliphatic rings. The Balaban J connectivity index is 1.34. The summed E-state index contributed by atoms with van der Waals surface area (Å²) < 4.78 is 6.81. The van der Waals surface area contributed by atoms with Crippen LogP contribution >= 0.6 is 0 Å². The van der Waals surface area contributed by atoms with Gasteiger partial charge in [0.05, 0.1) is 18.4 Å². The third kappa shape index (κ3) is 3.76. The lowest BCUT2D eigenvalue weighted by atomic mass is 10.1. The first-order valence-electron chi connectivity index (χ1n) is 8.88. The number of amides is 2. The average molecular weight is 364 g/mol. The van der Waals surface area contributed by atoms with Crippen LogP contribution in [0.1, 0.15) is 26.3 Å². The Kier molecular flexibility index (Phi) is 4.74. The summed E-state index contributed by atoms with van der Waals surface area (Å²) in [5.74, 6) is -0.0603. The highest BCUT2D eigenvalue weighted by atomic mass is 16.3. The number of piperazine rings is 1. The summed E-state index contributed by atoms with van der Waals surface area (Å²) in [4.78, 5) is 28.6. The minimum atomic E-state index is -0.0566. The van der Waals surface area contributed by atoms with Crippen molar-refractivity contribution in [2.45, 2.75) is 6.54 Å². The van der Waals surface area contributed by atoms with Gasteiger partial charge in [-0.05, 0) is 29.8 Å². The van der Waals surface area contributed by atoms with Crippen LogP contribution in [0.25, 0.3) is 0 Å². The van der Waals surface area contributed by atoms with E-state index in [9.17, 15) is 9.59 Å². The Labute approximate surface area is 156 Å². The fraction of sp³-hybridized carbons (Fsp3) is 0.250. The van der Waals surface area contributed by atoms with Crippen LogP contribution < -0.4 is 0 Å². The van der Waals surface area contributed by atoms with Gasteiger partial charge in [-0.25, -0.2) is 0 Å². The number of aromatic nitrogens is 2. The quantitative estimate of drug-likeness (QED) is 0.711. The molecule has 3 aromatic rings. The van der Waals surface area contributed by atoms with E-state index < -0.39 is 0 Å². The Hall–Kier alpha value is -3.35. The van der Waals surface area contributed by atoms with Crippen LogP contribution in [0.15, 0.2) is 65.7 Å². The third-order valence-electron chi connectivity index (χ3n) is 4.73. The van der Waals surface area contributed by atoms with Crippen molar-refractivity contribution in [1.29, 1.82) is 0 Å². The van der Waals surface area contributed by atoms with Crippen molar-refractivity contribution >= 4 is 11.8 Å². The maximum absolute atomic E-state index is 12.7. The van der Waals surface area contributed by atoms with Crippen molar-refractivity contribution in [2.75, 3.05) is 26.2 Å². The van der Waals surface area contributed by atoms with Crippen LogP contribution in [-0.4, -0.2) is 57.6 Å². The van der Waals surface area contributed by atoms with Crippen molar-refractivity contribution in [3.8, 4) is 0 Å². The Morgan fingerprint density at radius 3 is 2.15 bits per heavy atom. The summed E-state index contributed by atoms with van der Waals surface area (Å²) in [5, 5.41) is 4.19. The molecule has 0 unspecified atom stereocenters. The standard InChI is InChI=1S/C20H20N4O3/c25-19(17-4-2-16(3-5-17)14-24-8-1-7-21-24)22-9-11-23(12-10-22)20(26)18-6-13-27-15-18/h1-8,13,15H,9-12,14H2. The van der Waals surface area contributed by atoms with Gasteiger partial charge in [-0.1, -0.05) is 12.1 Å².